The molecule has 28 heavy (non-hydrogen) atoms. The Hall–Kier alpha value is -2.48. The number of halogens is 1. The van der Waals surface area contributed by atoms with E-state index in [1.54, 1.807) is 16.7 Å². The van der Waals surface area contributed by atoms with E-state index in [-0.39, 0.29) is 29.4 Å². The maximum atomic E-state index is 13.1. The molecule has 150 valence electrons. The quantitative estimate of drug-likeness (QED) is 0.861. The predicted octanol–water partition coefficient (Wildman–Crippen LogP) is 1.48. The third kappa shape index (κ3) is 4.16. The number of ether oxygens (including phenoxy) is 1. The maximum Gasteiger partial charge on any atom is 0.346 e. The zero-order valence-electron chi connectivity index (χ0n) is 15.8. The first-order chi connectivity index (χ1) is 13.6. The van der Waals surface area contributed by atoms with E-state index in [0.29, 0.717) is 39.1 Å². The maximum absolute atomic E-state index is 13.1. The van der Waals surface area contributed by atoms with Crippen LogP contribution in [0, 0.1) is 11.7 Å². The van der Waals surface area contributed by atoms with Gasteiger partial charge in [0.1, 0.15) is 11.6 Å². The fraction of sp³-hybridized carbons (Fsp3) is 0.550. The number of aryl methyl sites for hydroxylation is 1. The lowest BCUT2D eigenvalue weighted by atomic mass is 9.98. The topological polar surface area (TPSA) is 78.2 Å². The Morgan fingerprint density at radius 3 is 2.68 bits per heavy atom. The lowest BCUT2D eigenvalue weighted by molar-refractivity contribution is -0.128. The molecule has 0 spiro atoms. The number of hydrogen-bond acceptors (Lipinski definition) is 4. The molecule has 1 unspecified atom stereocenters. The minimum atomic E-state index is -0.300. The number of carbonyl (C=O) groups excluding carboxylic acids is 1. The minimum absolute atomic E-state index is 0.0296. The molecule has 0 radical (unpaired) electrons. The standard InChI is InChI=1S/C20H25FN4O3/c21-16-3-1-14(2-4-16)13-25-20(27)24-10-7-17(5-6-18(24)23-25)22-19(26)15-8-11-28-12-9-15/h1-4,15,17H,5-13H2,(H,22,26). The van der Waals surface area contributed by atoms with Gasteiger partial charge in [-0.3, -0.25) is 9.36 Å². The average Bonchev–Trinajstić information content (AvgIpc) is 2.87. The number of hydrogen-bond donors (Lipinski definition) is 1. The molecule has 1 aromatic carbocycles. The molecule has 1 saturated heterocycles. The summed E-state index contributed by atoms with van der Waals surface area (Å²) in [4.78, 5) is 25.2. The molecule has 0 bridgehead atoms. The summed E-state index contributed by atoms with van der Waals surface area (Å²) < 4.78 is 21.5. The van der Waals surface area contributed by atoms with E-state index >= 15 is 0 Å². The zero-order valence-corrected chi connectivity index (χ0v) is 15.8. The van der Waals surface area contributed by atoms with E-state index in [1.165, 1.54) is 16.8 Å². The molecular weight excluding hydrogens is 363 g/mol. The van der Waals surface area contributed by atoms with Gasteiger partial charge in [0.05, 0.1) is 6.54 Å². The van der Waals surface area contributed by atoms with Crippen molar-refractivity contribution in [3.8, 4) is 0 Å². The summed E-state index contributed by atoms with van der Waals surface area (Å²) in [5.41, 5.74) is 0.675. The molecule has 2 aliphatic rings. The van der Waals surface area contributed by atoms with Gasteiger partial charge in [-0.25, -0.2) is 13.9 Å². The highest BCUT2D eigenvalue weighted by atomic mass is 19.1. The molecule has 8 heteroatoms. The number of fused-ring (bicyclic) bond motifs is 1. The van der Waals surface area contributed by atoms with Gasteiger partial charge < -0.3 is 10.1 Å². The summed E-state index contributed by atoms with van der Waals surface area (Å²) >= 11 is 0. The van der Waals surface area contributed by atoms with Crippen molar-refractivity contribution in [1.29, 1.82) is 0 Å². The average molecular weight is 388 g/mol. The van der Waals surface area contributed by atoms with Gasteiger partial charge in [0, 0.05) is 38.1 Å². The summed E-state index contributed by atoms with van der Waals surface area (Å²) in [6, 6.07) is 6.14. The minimum Gasteiger partial charge on any atom is -0.381 e. The molecule has 2 aromatic rings. The van der Waals surface area contributed by atoms with E-state index in [4.69, 9.17) is 4.74 Å². The van der Waals surface area contributed by atoms with Crippen LogP contribution in [0.5, 0.6) is 0 Å². The van der Waals surface area contributed by atoms with Crippen LogP contribution in [-0.4, -0.2) is 39.5 Å². The van der Waals surface area contributed by atoms with Crippen LogP contribution >= 0.6 is 0 Å². The molecule has 1 atom stereocenters. The SMILES string of the molecule is O=C(NC1CCc2nn(Cc3ccc(F)cc3)c(=O)n2CC1)C1CCOCC1. The third-order valence-corrected chi connectivity index (χ3v) is 5.60. The van der Waals surface area contributed by atoms with Crippen LogP contribution in [0.4, 0.5) is 4.39 Å². The van der Waals surface area contributed by atoms with Crippen LogP contribution in [-0.2, 0) is 29.0 Å². The Morgan fingerprint density at radius 1 is 1.18 bits per heavy atom. The zero-order chi connectivity index (χ0) is 19.5. The Morgan fingerprint density at radius 2 is 1.93 bits per heavy atom. The van der Waals surface area contributed by atoms with Crippen molar-refractivity contribution >= 4 is 5.91 Å². The van der Waals surface area contributed by atoms with E-state index < -0.39 is 0 Å². The second-order valence-electron chi connectivity index (χ2n) is 7.55. The smallest absolute Gasteiger partial charge is 0.346 e. The van der Waals surface area contributed by atoms with Crippen molar-refractivity contribution in [3.63, 3.8) is 0 Å². The van der Waals surface area contributed by atoms with Gasteiger partial charge in [0.15, 0.2) is 0 Å². The summed E-state index contributed by atoms with van der Waals surface area (Å²) in [5.74, 6) is 0.573. The molecule has 1 N–H and O–H groups in total. The van der Waals surface area contributed by atoms with Crippen LogP contribution in [0.15, 0.2) is 29.1 Å². The molecule has 0 aliphatic carbocycles. The fourth-order valence-corrected chi connectivity index (χ4v) is 3.92. The second-order valence-corrected chi connectivity index (χ2v) is 7.55. The summed E-state index contributed by atoms with van der Waals surface area (Å²) in [5, 5.41) is 7.63. The molecule has 1 fully saturated rings. The van der Waals surface area contributed by atoms with Crippen molar-refractivity contribution in [2.24, 2.45) is 5.92 Å². The normalized spacial score (nSPS) is 20.4. The molecule has 4 rings (SSSR count). The molecule has 0 saturated carbocycles. The van der Waals surface area contributed by atoms with Gasteiger partial charge >= 0.3 is 5.69 Å². The van der Waals surface area contributed by atoms with Crippen molar-refractivity contribution < 1.29 is 13.9 Å². The molecule has 1 amide bonds. The summed E-state index contributed by atoms with van der Waals surface area (Å²) in [6.07, 6.45) is 3.67. The van der Waals surface area contributed by atoms with Gasteiger partial charge in [-0.15, -0.1) is 0 Å². The first kappa shape index (κ1) is 18.9. The van der Waals surface area contributed by atoms with Crippen molar-refractivity contribution in [2.45, 2.75) is 51.2 Å². The van der Waals surface area contributed by atoms with Crippen molar-refractivity contribution in [2.75, 3.05) is 13.2 Å². The Balaban J connectivity index is 1.39. The highest BCUT2D eigenvalue weighted by molar-refractivity contribution is 5.79. The Labute approximate surface area is 162 Å². The van der Waals surface area contributed by atoms with Crippen LogP contribution in [0.25, 0.3) is 0 Å². The highest BCUT2D eigenvalue weighted by Crippen LogP contribution is 2.17. The second kappa shape index (κ2) is 8.26. The molecular formula is C20H25FN4O3. The molecule has 7 nitrogen and oxygen atoms in total. The van der Waals surface area contributed by atoms with Gasteiger partial charge in [-0.2, -0.15) is 5.10 Å². The summed E-state index contributed by atoms with van der Waals surface area (Å²) in [7, 11) is 0. The number of benzene rings is 1. The van der Waals surface area contributed by atoms with Crippen molar-refractivity contribution in [3.05, 3.63) is 52.0 Å². The van der Waals surface area contributed by atoms with Crippen LogP contribution in [0.1, 0.15) is 37.1 Å². The lowest BCUT2D eigenvalue weighted by Gasteiger charge is -2.24. The van der Waals surface area contributed by atoms with Crippen molar-refractivity contribution in [1.82, 2.24) is 19.7 Å². The van der Waals surface area contributed by atoms with E-state index in [9.17, 15) is 14.0 Å². The molecule has 1 aromatic heterocycles. The number of aromatic nitrogens is 3. The van der Waals surface area contributed by atoms with Gasteiger partial charge in [-0.1, -0.05) is 12.1 Å². The van der Waals surface area contributed by atoms with E-state index in [2.05, 4.69) is 10.4 Å². The molecule has 3 heterocycles. The lowest BCUT2D eigenvalue weighted by Crippen LogP contribution is -2.41. The molecule has 2 aliphatic heterocycles. The van der Waals surface area contributed by atoms with Gasteiger partial charge in [0.2, 0.25) is 5.91 Å². The van der Waals surface area contributed by atoms with Gasteiger partial charge in [-0.05, 0) is 43.4 Å². The van der Waals surface area contributed by atoms with E-state index in [0.717, 1.165) is 30.7 Å². The number of amides is 1. The first-order valence-electron chi connectivity index (χ1n) is 9.89. The highest BCUT2D eigenvalue weighted by Gasteiger charge is 2.26. The predicted molar refractivity (Wildman–Crippen MR) is 100 cm³/mol. The Bertz CT molecular complexity index is 884. The first-order valence-corrected chi connectivity index (χ1v) is 9.89. The number of carbonyl (C=O) groups is 1. The Kier molecular flexibility index (Phi) is 5.57. The van der Waals surface area contributed by atoms with Crippen LogP contribution < -0.4 is 11.0 Å². The third-order valence-electron chi connectivity index (χ3n) is 5.60. The number of rotatable bonds is 4. The summed E-state index contributed by atoms with van der Waals surface area (Å²) in [6.45, 7) is 2.15. The number of nitrogens with zero attached hydrogens (tertiary/aromatic N) is 3. The monoisotopic (exact) mass is 388 g/mol. The largest absolute Gasteiger partial charge is 0.381 e. The van der Waals surface area contributed by atoms with Crippen LogP contribution in [0.2, 0.25) is 0 Å². The number of nitrogens with one attached hydrogen (secondary N) is 1. The van der Waals surface area contributed by atoms with E-state index in [1.807, 2.05) is 0 Å². The van der Waals surface area contributed by atoms with Gasteiger partial charge in [0.25, 0.3) is 0 Å². The fourth-order valence-electron chi connectivity index (χ4n) is 3.92. The van der Waals surface area contributed by atoms with Crippen LogP contribution in [0.3, 0.4) is 0 Å².